The summed E-state index contributed by atoms with van der Waals surface area (Å²) in [6.45, 7) is 0.658. The third kappa shape index (κ3) is 1.86. The number of hydrogen-bond acceptors (Lipinski definition) is 3. The van der Waals surface area contributed by atoms with Gasteiger partial charge in [0.05, 0.1) is 7.11 Å². The standard InChI is InChI=1S/C23H18N2O3/c1-28-15-7-6-13-8-19(24-18(13)9-15)22(27)25-12-14-11-23(14)17-5-3-2-4-16(17)20(26)10-21(23)25/h2-10,14,24H,11-12H2,1H3/t14-,23-/m1/s1. The van der Waals surface area contributed by atoms with Gasteiger partial charge in [-0.3, -0.25) is 9.59 Å². The first kappa shape index (κ1) is 15.7. The Labute approximate surface area is 161 Å². The van der Waals surface area contributed by atoms with Gasteiger partial charge in [0, 0.05) is 46.3 Å². The lowest BCUT2D eigenvalue weighted by Gasteiger charge is -2.29. The van der Waals surface area contributed by atoms with Crippen LogP contribution in [0.5, 0.6) is 5.75 Å². The van der Waals surface area contributed by atoms with E-state index in [4.69, 9.17) is 4.74 Å². The minimum absolute atomic E-state index is 0.0111. The summed E-state index contributed by atoms with van der Waals surface area (Å²) in [5.74, 6) is 1.04. The number of ether oxygens (including phenoxy) is 1. The number of nitrogens with one attached hydrogen (secondary N) is 1. The van der Waals surface area contributed by atoms with Crippen LogP contribution in [0.3, 0.4) is 0 Å². The summed E-state index contributed by atoms with van der Waals surface area (Å²) in [6, 6.07) is 15.4. The average molecular weight is 370 g/mol. The van der Waals surface area contributed by atoms with Gasteiger partial charge in [-0.2, -0.15) is 0 Å². The maximum absolute atomic E-state index is 13.3. The van der Waals surface area contributed by atoms with E-state index in [1.54, 1.807) is 18.1 Å². The van der Waals surface area contributed by atoms with Gasteiger partial charge in [-0.25, -0.2) is 0 Å². The molecule has 6 rings (SSSR count). The zero-order valence-corrected chi connectivity index (χ0v) is 15.4. The van der Waals surface area contributed by atoms with Crippen molar-refractivity contribution in [2.24, 2.45) is 5.92 Å². The molecule has 1 N–H and O–H groups in total. The number of piperidine rings is 1. The van der Waals surface area contributed by atoms with E-state index in [1.165, 1.54) is 0 Å². The highest BCUT2D eigenvalue weighted by atomic mass is 16.5. The smallest absolute Gasteiger partial charge is 0.274 e. The molecule has 5 nitrogen and oxygen atoms in total. The van der Waals surface area contributed by atoms with E-state index >= 15 is 0 Å². The molecular formula is C23H18N2O3. The second-order valence-electron chi connectivity index (χ2n) is 7.86. The van der Waals surface area contributed by atoms with Crippen LogP contribution in [0.2, 0.25) is 0 Å². The summed E-state index contributed by atoms with van der Waals surface area (Å²) >= 11 is 0. The number of carbonyl (C=O) groups is 2. The molecule has 5 heteroatoms. The Balaban J connectivity index is 1.41. The number of amides is 1. The first-order valence-corrected chi connectivity index (χ1v) is 9.46. The van der Waals surface area contributed by atoms with E-state index in [1.807, 2.05) is 48.5 Å². The van der Waals surface area contributed by atoms with Crippen LogP contribution in [0.15, 0.2) is 60.3 Å². The monoisotopic (exact) mass is 370 g/mol. The third-order valence-corrected chi connectivity index (χ3v) is 6.50. The molecule has 1 saturated heterocycles. The van der Waals surface area contributed by atoms with Crippen molar-refractivity contribution in [1.29, 1.82) is 0 Å². The number of aromatic amines is 1. The fraction of sp³-hybridized carbons (Fsp3) is 0.217. The zero-order valence-electron chi connectivity index (χ0n) is 15.4. The van der Waals surface area contributed by atoms with Gasteiger partial charge < -0.3 is 14.6 Å². The molecule has 28 heavy (non-hydrogen) atoms. The number of ketones is 1. The maximum Gasteiger partial charge on any atom is 0.274 e. The van der Waals surface area contributed by atoms with Crippen LogP contribution in [-0.2, 0) is 5.41 Å². The molecule has 1 amide bonds. The molecule has 2 aliphatic carbocycles. The Kier molecular flexibility index (Phi) is 2.88. The first-order chi connectivity index (χ1) is 13.6. The number of likely N-dealkylation sites (tertiary alicyclic amines) is 1. The Morgan fingerprint density at radius 1 is 1.21 bits per heavy atom. The summed E-state index contributed by atoms with van der Waals surface area (Å²) in [5.41, 5.74) is 3.96. The normalized spacial score (nSPS) is 24.5. The van der Waals surface area contributed by atoms with Crippen molar-refractivity contribution in [2.45, 2.75) is 11.8 Å². The molecule has 138 valence electrons. The van der Waals surface area contributed by atoms with Crippen LogP contribution >= 0.6 is 0 Å². The van der Waals surface area contributed by atoms with Crippen molar-refractivity contribution >= 4 is 22.6 Å². The first-order valence-electron chi connectivity index (χ1n) is 9.46. The largest absolute Gasteiger partial charge is 0.497 e. The second-order valence-corrected chi connectivity index (χ2v) is 7.86. The molecule has 2 aromatic carbocycles. The maximum atomic E-state index is 13.3. The third-order valence-electron chi connectivity index (χ3n) is 6.50. The molecule has 2 atom stereocenters. The molecule has 0 radical (unpaired) electrons. The molecule has 1 aromatic heterocycles. The minimum atomic E-state index is -0.157. The topological polar surface area (TPSA) is 62.4 Å². The van der Waals surface area contributed by atoms with Crippen LogP contribution < -0.4 is 4.74 Å². The van der Waals surface area contributed by atoms with Gasteiger partial charge >= 0.3 is 0 Å². The fourth-order valence-corrected chi connectivity index (χ4v) is 5.07. The number of allylic oxidation sites excluding steroid dienone is 2. The quantitative estimate of drug-likeness (QED) is 0.749. The van der Waals surface area contributed by atoms with Gasteiger partial charge in [0.25, 0.3) is 5.91 Å². The molecule has 1 spiro atoms. The molecule has 1 aliphatic heterocycles. The number of rotatable bonds is 2. The Bertz CT molecular complexity index is 1220. The summed E-state index contributed by atoms with van der Waals surface area (Å²) in [5, 5.41) is 0.960. The number of aromatic nitrogens is 1. The lowest BCUT2D eigenvalue weighted by molar-refractivity contribution is 0.0806. The van der Waals surface area contributed by atoms with Crippen molar-refractivity contribution in [1.82, 2.24) is 9.88 Å². The van der Waals surface area contributed by atoms with Crippen LogP contribution in [0.25, 0.3) is 10.9 Å². The summed E-state index contributed by atoms with van der Waals surface area (Å²) < 4.78 is 5.26. The van der Waals surface area contributed by atoms with Crippen molar-refractivity contribution < 1.29 is 14.3 Å². The van der Waals surface area contributed by atoms with Crippen LogP contribution in [0, 0.1) is 5.92 Å². The molecule has 0 unspecified atom stereocenters. The van der Waals surface area contributed by atoms with E-state index < -0.39 is 0 Å². The highest BCUT2D eigenvalue weighted by molar-refractivity contribution is 6.10. The molecule has 2 fully saturated rings. The number of fused-ring (bicyclic) bond motifs is 2. The lowest BCUT2D eigenvalue weighted by atomic mass is 9.81. The fourth-order valence-electron chi connectivity index (χ4n) is 5.07. The Morgan fingerprint density at radius 2 is 2.07 bits per heavy atom. The number of methoxy groups -OCH3 is 1. The Hall–Kier alpha value is -3.34. The van der Waals surface area contributed by atoms with E-state index in [2.05, 4.69) is 4.98 Å². The number of carbonyl (C=O) groups excluding carboxylic acids is 2. The van der Waals surface area contributed by atoms with Crippen molar-refractivity contribution in [2.75, 3.05) is 13.7 Å². The summed E-state index contributed by atoms with van der Waals surface area (Å²) in [7, 11) is 1.62. The van der Waals surface area contributed by atoms with Gasteiger partial charge in [-0.1, -0.05) is 24.3 Å². The van der Waals surface area contributed by atoms with Gasteiger partial charge in [0.1, 0.15) is 11.4 Å². The van der Waals surface area contributed by atoms with Gasteiger partial charge in [-0.15, -0.1) is 0 Å². The molecular weight excluding hydrogens is 352 g/mol. The van der Waals surface area contributed by atoms with E-state index in [-0.39, 0.29) is 17.1 Å². The lowest BCUT2D eigenvalue weighted by Crippen LogP contribution is -2.33. The van der Waals surface area contributed by atoms with Gasteiger partial charge in [0.15, 0.2) is 5.78 Å². The number of benzene rings is 2. The average Bonchev–Trinajstić information content (AvgIpc) is 3.12. The number of H-pyrrole nitrogens is 1. The Morgan fingerprint density at radius 3 is 2.93 bits per heavy atom. The number of nitrogens with zero attached hydrogens (tertiary/aromatic N) is 1. The zero-order chi connectivity index (χ0) is 19.0. The highest BCUT2D eigenvalue weighted by Gasteiger charge is 2.67. The van der Waals surface area contributed by atoms with Crippen LogP contribution in [0.4, 0.5) is 0 Å². The minimum Gasteiger partial charge on any atom is -0.497 e. The molecule has 2 heterocycles. The van der Waals surface area contributed by atoms with E-state index in [0.29, 0.717) is 18.2 Å². The van der Waals surface area contributed by atoms with Gasteiger partial charge in [-0.05, 0) is 36.1 Å². The van der Waals surface area contributed by atoms with Gasteiger partial charge in [0.2, 0.25) is 0 Å². The second kappa shape index (κ2) is 5.13. The van der Waals surface area contributed by atoms with Crippen molar-refractivity contribution in [3.63, 3.8) is 0 Å². The van der Waals surface area contributed by atoms with E-state index in [0.717, 1.165) is 39.9 Å². The molecule has 3 aromatic rings. The number of hydrogen-bond donors (Lipinski definition) is 1. The van der Waals surface area contributed by atoms with Crippen LogP contribution in [-0.4, -0.2) is 35.2 Å². The van der Waals surface area contributed by atoms with Crippen LogP contribution in [0.1, 0.15) is 32.8 Å². The van der Waals surface area contributed by atoms with E-state index in [9.17, 15) is 9.59 Å². The predicted molar refractivity (Wildman–Crippen MR) is 105 cm³/mol. The molecule has 3 aliphatic rings. The van der Waals surface area contributed by atoms with Crippen molar-refractivity contribution in [3.05, 3.63) is 77.1 Å². The summed E-state index contributed by atoms with van der Waals surface area (Å²) in [6.07, 6.45) is 2.69. The molecule has 0 bridgehead atoms. The summed E-state index contributed by atoms with van der Waals surface area (Å²) in [4.78, 5) is 31.0. The highest BCUT2D eigenvalue weighted by Crippen LogP contribution is 2.66. The SMILES string of the molecule is COc1ccc2cc(C(=O)N3C[C@H]4C[C@@]45C3=CC(=O)c3ccccc35)[nH]c2c1. The van der Waals surface area contributed by atoms with Crippen molar-refractivity contribution in [3.8, 4) is 5.75 Å². The predicted octanol–water partition coefficient (Wildman–Crippen LogP) is 3.67. The molecule has 1 saturated carbocycles.